The maximum absolute atomic E-state index is 12.9. The largest absolute Gasteiger partial charge is 0.507 e. The number of aliphatic hydroxyl groups excluding tert-OH is 1. The molecule has 1 fully saturated rings. The summed E-state index contributed by atoms with van der Waals surface area (Å²) in [5.41, 5.74) is 2.00. The maximum atomic E-state index is 12.9. The monoisotopic (exact) mass is 370 g/mol. The number of carbonyl (C=O) groups is 2. The number of pyridine rings is 1. The Morgan fingerprint density at radius 1 is 0.893 bits per heavy atom. The van der Waals surface area contributed by atoms with Crippen molar-refractivity contribution in [3.8, 4) is 0 Å². The van der Waals surface area contributed by atoms with Gasteiger partial charge in [-0.2, -0.15) is 0 Å². The zero-order chi connectivity index (χ0) is 19.7. The number of aliphatic hydroxyl groups is 1. The number of rotatable bonds is 3. The zero-order valence-electron chi connectivity index (χ0n) is 15.2. The minimum absolute atomic E-state index is 0.0608. The van der Waals surface area contributed by atoms with Crippen LogP contribution in [0.15, 0.2) is 84.4 Å². The number of benzene rings is 2. The second-order valence-electron chi connectivity index (χ2n) is 6.58. The predicted octanol–water partition coefficient (Wildman–Crippen LogP) is 4.02. The van der Waals surface area contributed by atoms with Gasteiger partial charge in [0.15, 0.2) is 0 Å². The summed E-state index contributed by atoms with van der Waals surface area (Å²) in [6.45, 7) is 1.82. The number of carbonyl (C=O) groups excluding carboxylic acids is 2. The molecular formula is C23H18N2O3. The van der Waals surface area contributed by atoms with E-state index in [1.54, 1.807) is 36.4 Å². The third kappa shape index (κ3) is 2.97. The first kappa shape index (κ1) is 17.7. The van der Waals surface area contributed by atoms with Crippen molar-refractivity contribution in [2.24, 2.45) is 0 Å². The van der Waals surface area contributed by atoms with Crippen molar-refractivity contribution in [1.29, 1.82) is 0 Å². The Balaban J connectivity index is 1.95. The molecule has 28 heavy (non-hydrogen) atoms. The maximum Gasteiger partial charge on any atom is 0.301 e. The van der Waals surface area contributed by atoms with E-state index in [4.69, 9.17) is 0 Å². The molecule has 4 rings (SSSR count). The Bertz CT molecular complexity index is 1080. The number of aromatic nitrogens is 1. The molecule has 0 aliphatic carbocycles. The van der Waals surface area contributed by atoms with Crippen LogP contribution in [0, 0.1) is 6.92 Å². The number of aryl methyl sites for hydroxylation is 1. The van der Waals surface area contributed by atoms with E-state index < -0.39 is 17.7 Å². The van der Waals surface area contributed by atoms with Gasteiger partial charge in [-0.3, -0.25) is 14.5 Å². The zero-order valence-corrected chi connectivity index (χ0v) is 15.2. The molecule has 1 aromatic heterocycles. The third-order valence-corrected chi connectivity index (χ3v) is 4.73. The van der Waals surface area contributed by atoms with Gasteiger partial charge >= 0.3 is 5.91 Å². The fourth-order valence-electron chi connectivity index (χ4n) is 3.43. The van der Waals surface area contributed by atoms with Gasteiger partial charge in [-0.25, -0.2) is 4.98 Å². The Labute approximate surface area is 162 Å². The highest BCUT2D eigenvalue weighted by molar-refractivity contribution is 6.51. The van der Waals surface area contributed by atoms with Crippen LogP contribution in [-0.2, 0) is 9.59 Å². The van der Waals surface area contributed by atoms with E-state index in [-0.39, 0.29) is 11.3 Å². The molecule has 0 radical (unpaired) electrons. The quantitative estimate of drug-likeness (QED) is 0.429. The van der Waals surface area contributed by atoms with Crippen molar-refractivity contribution in [1.82, 2.24) is 4.98 Å². The Kier molecular flexibility index (Phi) is 4.49. The molecular weight excluding hydrogens is 352 g/mol. The van der Waals surface area contributed by atoms with Gasteiger partial charge in [-0.05, 0) is 24.6 Å². The lowest BCUT2D eigenvalue weighted by Crippen LogP contribution is -2.30. The lowest BCUT2D eigenvalue weighted by Gasteiger charge is -2.24. The van der Waals surface area contributed by atoms with Crippen LogP contribution in [0.5, 0.6) is 0 Å². The second-order valence-corrected chi connectivity index (χ2v) is 6.58. The predicted molar refractivity (Wildman–Crippen MR) is 107 cm³/mol. The van der Waals surface area contributed by atoms with Gasteiger partial charge in [-0.15, -0.1) is 0 Å². The van der Waals surface area contributed by atoms with Gasteiger partial charge in [-0.1, -0.05) is 66.7 Å². The first-order valence-electron chi connectivity index (χ1n) is 8.93. The molecule has 5 nitrogen and oxygen atoms in total. The van der Waals surface area contributed by atoms with Crippen LogP contribution < -0.4 is 4.90 Å². The van der Waals surface area contributed by atoms with Gasteiger partial charge in [0.05, 0.1) is 11.6 Å². The molecule has 0 unspecified atom stereocenters. The molecule has 2 heterocycles. The van der Waals surface area contributed by atoms with Crippen LogP contribution in [0.4, 0.5) is 5.82 Å². The van der Waals surface area contributed by atoms with Gasteiger partial charge in [0.1, 0.15) is 11.6 Å². The molecule has 138 valence electrons. The van der Waals surface area contributed by atoms with Crippen LogP contribution in [0.25, 0.3) is 5.76 Å². The number of Topliss-reactive ketones (excluding diaryl/α,β-unsaturated/α-hetero) is 1. The van der Waals surface area contributed by atoms with Crippen LogP contribution in [0.2, 0.25) is 0 Å². The summed E-state index contributed by atoms with van der Waals surface area (Å²) >= 11 is 0. The lowest BCUT2D eigenvalue weighted by molar-refractivity contribution is -0.132. The van der Waals surface area contributed by atoms with Crippen LogP contribution in [-0.4, -0.2) is 21.8 Å². The normalized spacial score (nSPS) is 18.5. The van der Waals surface area contributed by atoms with E-state index >= 15 is 0 Å². The highest BCUT2D eigenvalue weighted by Gasteiger charge is 2.47. The first-order chi connectivity index (χ1) is 13.6. The first-order valence-corrected chi connectivity index (χ1v) is 8.93. The summed E-state index contributed by atoms with van der Waals surface area (Å²) in [5, 5.41) is 10.9. The topological polar surface area (TPSA) is 70.5 Å². The molecule has 1 N–H and O–H groups in total. The fourth-order valence-corrected chi connectivity index (χ4v) is 3.43. The highest BCUT2D eigenvalue weighted by Crippen LogP contribution is 2.41. The summed E-state index contributed by atoms with van der Waals surface area (Å²) in [6, 6.07) is 22.5. The summed E-state index contributed by atoms with van der Waals surface area (Å²) in [7, 11) is 0. The minimum atomic E-state index is -0.754. The lowest BCUT2D eigenvalue weighted by atomic mass is 9.95. The van der Waals surface area contributed by atoms with E-state index in [9.17, 15) is 14.7 Å². The number of anilines is 1. The number of ketones is 1. The average molecular weight is 370 g/mol. The number of amides is 1. The van der Waals surface area contributed by atoms with Crippen LogP contribution in [0.3, 0.4) is 0 Å². The van der Waals surface area contributed by atoms with Crippen molar-refractivity contribution in [2.45, 2.75) is 13.0 Å². The summed E-state index contributed by atoms with van der Waals surface area (Å²) in [4.78, 5) is 31.7. The van der Waals surface area contributed by atoms with Crippen LogP contribution >= 0.6 is 0 Å². The molecule has 1 aliphatic heterocycles. The summed E-state index contributed by atoms with van der Waals surface area (Å²) in [6.07, 6.45) is 0. The number of hydrogen-bond acceptors (Lipinski definition) is 4. The number of nitrogens with zero attached hydrogens (tertiary/aromatic N) is 2. The molecule has 0 bridgehead atoms. The average Bonchev–Trinajstić information content (AvgIpc) is 3.00. The smallest absolute Gasteiger partial charge is 0.301 e. The van der Waals surface area contributed by atoms with Crippen molar-refractivity contribution in [3.63, 3.8) is 0 Å². The molecule has 5 heteroatoms. The third-order valence-electron chi connectivity index (χ3n) is 4.73. The number of hydrogen-bond donors (Lipinski definition) is 1. The highest BCUT2D eigenvalue weighted by atomic mass is 16.3. The molecule has 1 atom stereocenters. The van der Waals surface area contributed by atoms with Crippen molar-refractivity contribution >= 4 is 23.3 Å². The molecule has 1 aliphatic rings. The van der Waals surface area contributed by atoms with Crippen LogP contribution in [0.1, 0.15) is 22.9 Å². The van der Waals surface area contributed by atoms with E-state index in [1.807, 2.05) is 49.4 Å². The van der Waals surface area contributed by atoms with E-state index in [0.29, 0.717) is 11.4 Å². The molecule has 1 saturated heterocycles. The van der Waals surface area contributed by atoms with Crippen molar-refractivity contribution in [3.05, 3.63) is 101 Å². The van der Waals surface area contributed by atoms with E-state index in [0.717, 1.165) is 11.3 Å². The van der Waals surface area contributed by atoms with E-state index in [2.05, 4.69) is 4.98 Å². The Hall–Kier alpha value is -3.73. The SMILES string of the molecule is Cc1cccc(N2C(=O)C(=O)/C(=C(/O)c3ccccc3)[C@H]2c2ccccc2)n1. The van der Waals surface area contributed by atoms with Crippen molar-refractivity contribution in [2.75, 3.05) is 4.90 Å². The fraction of sp³-hybridized carbons (Fsp3) is 0.0870. The molecule has 3 aromatic rings. The Morgan fingerprint density at radius 2 is 1.54 bits per heavy atom. The van der Waals surface area contributed by atoms with Gasteiger partial charge in [0.25, 0.3) is 5.78 Å². The summed E-state index contributed by atoms with van der Waals surface area (Å²) in [5.74, 6) is -1.24. The van der Waals surface area contributed by atoms with Gasteiger partial charge in [0, 0.05) is 11.3 Å². The summed E-state index contributed by atoms with van der Waals surface area (Å²) < 4.78 is 0. The standard InChI is InChI=1S/C23H18N2O3/c1-15-9-8-14-18(24-15)25-20(16-10-4-2-5-11-16)19(22(27)23(25)28)21(26)17-12-6-3-7-13-17/h2-14,20,26H,1H3/b21-19+/t20-/m1/s1. The van der Waals surface area contributed by atoms with Crippen molar-refractivity contribution < 1.29 is 14.7 Å². The molecule has 0 saturated carbocycles. The van der Waals surface area contributed by atoms with Gasteiger partial charge < -0.3 is 5.11 Å². The Morgan fingerprint density at radius 3 is 2.18 bits per heavy atom. The second kappa shape index (κ2) is 7.12. The minimum Gasteiger partial charge on any atom is -0.507 e. The molecule has 0 spiro atoms. The van der Waals surface area contributed by atoms with Gasteiger partial charge in [0.2, 0.25) is 0 Å². The molecule has 1 amide bonds. The molecule has 2 aromatic carbocycles. The van der Waals surface area contributed by atoms with E-state index in [1.165, 1.54) is 4.90 Å².